The van der Waals surface area contributed by atoms with Crippen LogP contribution in [0.1, 0.15) is 58.8 Å². The minimum Gasteiger partial charge on any atom is -0.381 e. The molecule has 2 heteroatoms. The van der Waals surface area contributed by atoms with Gasteiger partial charge in [-0.15, -0.1) is 0 Å². The Kier molecular flexibility index (Phi) is 7.87. The lowest BCUT2D eigenvalue weighted by molar-refractivity contribution is 0.0816. The monoisotopic (exact) mass is 227 g/mol. The SMILES string of the molecule is CCNC(C)CCCOCC1CCCCC1. The van der Waals surface area contributed by atoms with E-state index in [9.17, 15) is 0 Å². The fraction of sp³-hybridized carbons (Fsp3) is 1.00. The zero-order valence-electron chi connectivity index (χ0n) is 11.1. The molecule has 0 aromatic heterocycles. The average molecular weight is 227 g/mol. The maximum Gasteiger partial charge on any atom is 0.0494 e. The Bertz CT molecular complexity index is 155. The molecule has 0 amide bonds. The number of hydrogen-bond donors (Lipinski definition) is 1. The molecule has 16 heavy (non-hydrogen) atoms. The van der Waals surface area contributed by atoms with E-state index in [1.807, 2.05) is 0 Å². The van der Waals surface area contributed by atoms with Gasteiger partial charge in [-0.2, -0.15) is 0 Å². The van der Waals surface area contributed by atoms with E-state index < -0.39 is 0 Å². The third kappa shape index (κ3) is 6.49. The topological polar surface area (TPSA) is 21.3 Å². The second-order valence-corrected chi connectivity index (χ2v) is 5.18. The number of hydrogen-bond acceptors (Lipinski definition) is 2. The number of rotatable bonds is 8. The Labute approximate surface area is 101 Å². The van der Waals surface area contributed by atoms with E-state index >= 15 is 0 Å². The Morgan fingerprint density at radius 1 is 1.25 bits per heavy atom. The molecule has 2 nitrogen and oxygen atoms in total. The second-order valence-electron chi connectivity index (χ2n) is 5.18. The van der Waals surface area contributed by atoms with Crippen LogP contribution in [0.15, 0.2) is 0 Å². The van der Waals surface area contributed by atoms with Gasteiger partial charge in [0, 0.05) is 19.3 Å². The van der Waals surface area contributed by atoms with Crippen LogP contribution in [0.25, 0.3) is 0 Å². The summed E-state index contributed by atoms with van der Waals surface area (Å²) < 4.78 is 5.77. The van der Waals surface area contributed by atoms with Crippen LogP contribution in [0.2, 0.25) is 0 Å². The van der Waals surface area contributed by atoms with Gasteiger partial charge in [0.1, 0.15) is 0 Å². The maximum atomic E-state index is 5.77. The third-order valence-corrected chi connectivity index (χ3v) is 3.56. The van der Waals surface area contributed by atoms with Gasteiger partial charge >= 0.3 is 0 Å². The molecule has 0 aromatic carbocycles. The Hall–Kier alpha value is -0.0800. The highest BCUT2D eigenvalue weighted by Gasteiger charge is 2.12. The number of nitrogens with one attached hydrogen (secondary N) is 1. The molecule has 1 unspecified atom stereocenters. The highest BCUT2D eigenvalue weighted by molar-refractivity contribution is 4.65. The standard InChI is InChI=1S/C14H29NO/c1-3-15-13(2)8-7-11-16-12-14-9-5-4-6-10-14/h13-15H,3-12H2,1-2H3. The lowest BCUT2D eigenvalue weighted by atomic mass is 9.90. The summed E-state index contributed by atoms with van der Waals surface area (Å²) in [6.45, 7) is 7.45. The molecule has 0 aliphatic heterocycles. The normalized spacial score (nSPS) is 19.9. The maximum absolute atomic E-state index is 5.77. The summed E-state index contributed by atoms with van der Waals surface area (Å²) in [5.74, 6) is 0.861. The van der Waals surface area contributed by atoms with E-state index in [4.69, 9.17) is 4.74 Å². The Morgan fingerprint density at radius 2 is 2.00 bits per heavy atom. The van der Waals surface area contributed by atoms with E-state index in [2.05, 4.69) is 19.2 Å². The van der Waals surface area contributed by atoms with Gasteiger partial charge in [0.2, 0.25) is 0 Å². The van der Waals surface area contributed by atoms with Crippen LogP contribution in [0.3, 0.4) is 0 Å². The molecule has 1 saturated carbocycles. The van der Waals surface area contributed by atoms with Crippen LogP contribution in [-0.2, 0) is 4.74 Å². The molecule has 96 valence electrons. The summed E-state index contributed by atoms with van der Waals surface area (Å²) in [6, 6.07) is 0.642. The molecule has 0 bridgehead atoms. The van der Waals surface area contributed by atoms with Gasteiger partial charge in [0.25, 0.3) is 0 Å². The predicted octanol–water partition coefficient (Wildman–Crippen LogP) is 3.36. The van der Waals surface area contributed by atoms with Crippen molar-refractivity contribution in [2.45, 2.75) is 64.8 Å². The fourth-order valence-electron chi connectivity index (χ4n) is 2.55. The van der Waals surface area contributed by atoms with Crippen LogP contribution in [0, 0.1) is 5.92 Å². The summed E-state index contributed by atoms with van der Waals surface area (Å²) >= 11 is 0. The molecule has 0 saturated heterocycles. The second kappa shape index (κ2) is 9.00. The first-order valence-electron chi connectivity index (χ1n) is 7.14. The lowest BCUT2D eigenvalue weighted by Crippen LogP contribution is -2.25. The lowest BCUT2D eigenvalue weighted by Gasteiger charge is -2.21. The van der Waals surface area contributed by atoms with Crippen LogP contribution in [0.5, 0.6) is 0 Å². The first-order valence-corrected chi connectivity index (χ1v) is 7.14. The fourth-order valence-corrected chi connectivity index (χ4v) is 2.55. The summed E-state index contributed by atoms with van der Waals surface area (Å²) in [6.07, 6.45) is 9.51. The molecule has 0 aromatic rings. The van der Waals surface area contributed by atoms with Crippen molar-refractivity contribution >= 4 is 0 Å². The van der Waals surface area contributed by atoms with Crippen LogP contribution < -0.4 is 5.32 Å². The molecule has 1 N–H and O–H groups in total. The van der Waals surface area contributed by atoms with E-state index in [0.29, 0.717) is 6.04 Å². The predicted molar refractivity (Wildman–Crippen MR) is 69.8 cm³/mol. The Balaban J connectivity index is 1.87. The molecule has 0 heterocycles. The number of ether oxygens (including phenoxy) is 1. The highest BCUT2D eigenvalue weighted by atomic mass is 16.5. The smallest absolute Gasteiger partial charge is 0.0494 e. The van der Waals surface area contributed by atoms with Crippen molar-refractivity contribution in [3.05, 3.63) is 0 Å². The summed E-state index contributed by atoms with van der Waals surface area (Å²) in [5, 5.41) is 3.43. The van der Waals surface area contributed by atoms with Crippen molar-refractivity contribution in [2.75, 3.05) is 19.8 Å². The van der Waals surface area contributed by atoms with Crippen molar-refractivity contribution in [1.82, 2.24) is 5.32 Å². The molecule has 1 atom stereocenters. The zero-order chi connectivity index (χ0) is 11.6. The van der Waals surface area contributed by atoms with Gasteiger partial charge in [-0.3, -0.25) is 0 Å². The molecule has 1 aliphatic carbocycles. The Morgan fingerprint density at radius 3 is 2.69 bits per heavy atom. The van der Waals surface area contributed by atoms with Crippen molar-refractivity contribution in [2.24, 2.45) is 5.92 Å². The molecule has 1 fully saturated rings. The molecule has 1 rings (SSSR count). The van der Waals surface area contributed by atoms with Crippen LogP contribution in [-0.4, -0.2) is 25.8 Å². The van der Waals surface area contributed by atoms with Gasteiger partial charge in [-0.25, -0.2) is 0 Å². The van der Waals surface area contributed by atoms with Crippen molar-refractivity contribution in [1.29, 1.82) is 0 Å². The highest BCUT2D eigenvalue weighted by Crippen LogP contribution is 2.23. The zero-order valence-corrected chi connectivity index (χ0v) is 11.1. The molecule has 1 aliphatic rings. The third-order valence-electron chi connectivity index (χ3n) is 3.56. The van der Waals surface area contributed by atoms with Crippen molar-refractivity contribution < 1.29 is 4.74 Å². The summed E-state index contributed by atoms with van der Waals surface area (Å²) in [4.78, 5) is 0. The minimum absolute atomic E-state index is 0.642. The summed E-state index contributed by atoms with van der Waals surface area (Å²) in [7, 11) is 0. The van der Waals surface area contributed by atoms with Crippen molar-refractivity contribution in [3.63, 3.8) is 0 Å². The first-order chi connectivity index (χ1) is 7.83. The largest absolute Gasteiger partial charge is 0.381 e. The van der Waals surface area contributed by atoms with Gasteiger partial charge < -0.3 is 10.1 Å². The molecule has 0 spiro atoms. The molecular formula is C14H29NO. The molecular weight excluding hydrogens is 198 g/mol. The van der Waals surface area contributed by atoms with Crippen molar-refractivity contribution in [3.8, 4) is 0 Å². The minimum atomic E-state index is 0.642. The van der Waals surface area contributed by atoms with E-state index in [0.717, 1.165) is 25.7 Å². The van der Waals surface area contributed by atoms with Gasteiger partial charge in [0.05, 0.1) is 0 Å². The van der Waals surface area contributed by atoms with Gasteiger partial charge in [-0.1, -0.05) is 26.2 Å². The van der Waals surface area contributed by atoms with Gasteiger partial charge in [0.15, 0.2) is 0 Å². The van der Waals surface area contributed by atoms with E-state index in [1.54, 1.807) is 0 Å². The van der Waals surface area contributed by atoms with Gasteiger partial charge in [-0.05, 0) is 45.1 Å². The van der Waals surface area contributed by atoms with Crippen LogP contribution in [0.4, 0.5) is 0 Å². The quantitative estimate of drug-likeness (QED) is 0.642. The van der Waals surface area contributed by atoms with E-state index in [-0.39, 0.29) is 0 Å². The summed E-state index contributed by atoms with van der Waals surface area (Å²) in [5.41, 5.74) is 0. The van der Waals surface area contributed by atoms with E-state index in [1.165, 1.54) is 44.9 Å². The average Bonchev–Trinajstić information content (AvgIpc) is 2.30. The first kappa shape index (κ1) is 14.0. The van der Waals surface area contributed by atoms with Crippen LogP contribution >= 0.6 is 0 Å². The molecule has 0 radical (unpaired) electrons.